The van der Waals surface area contributed by atoms with Crippen molar-refractivity contribution in [3.8, 4) is 0 Å². The number of benzene rings is 2. The molecule has 1 saturated carbocycles. The molecule has 2 aromatic carbocycles. The fourth-order valence-electron chi connectivity index (χ4n) is 4.25. The van der Waals surface area contributed by atoms with Gasteiger partial charge in [0.2, 0.25) is 0 Å². The van der Waals surface area contributed by atoms with Crippen LogP contribution in [-0.4, -0.2) is 25.7 Å². The summed E-state index contributed by atoms with van der Waals surface area (Å²) >= 11 is 0. The number of hydrogen-bond donors (Lipinski definition) is 2. The van der Waals surface area contributed by atoms with Crippen LogP contribution in [0.25, 0.3) is 0 Å². The zero-order valence-corrected chi connectivity index (χ0v) is 14.7. The number of hydrogen-bond acceptors (Lipinski definition) is 2. The average molecular weight is 338 g/mol. The Morgan fingerprint density at radius 1 is 1.00 bits per heavy atom. The Kier molecular flexibility index (Phi) is 4.87. The summed E-state index contributed by atoms with van der Waals surface area (Å²) in [6.07, 6.45) is 4.64. The second-order valence-electron chi connectivity index (χ2n) is 7.79. The molecule has 2 N–H and O–H groups in total. The smallest absolute Gasteiger partial charge is 0.123 e. The van der Waals surface area contributed by atoms with Crippen molar-refractivity contribution in [1.82, 2.24) is 10.6 Å². The Balaban J connectivity index is 1.39. The lowest BCUT2D eigenvalue weighted by atomic mass is 9.74. The summed E-state index contributed by atoms with van der Waals surface area (Å²) in [6, 6.07) is 18.5. The van der Waals surface area contributed by atoms with Crippen LogP contribution in [0.3, 0.4) is 0 Å². The summed E-state index contributed by atoms with van der Waals surface area (Å²) in [7, 11) is 0. The first-order valence-electron chi connectivity index (χ1n) is 9.48. The topological polar surface area (TPSA) is 24.1 Å². The predicted molar refractivity (Wildman–Crippen MR) is 100 cm³/mol. The highest BCUT2D eigenvalue weighted by molar-refractivity contribution is 5.27. The van der Waals surface area contributed by atoms with Crippen LogP contribution in [0.5, 0.6) is 0 Å². The molecule has 3 heteroatoms. The first-order chi connectivity index (χ1) is 12.2. The maximum absolute atomic E-state index is 13.2. The summed E-state index contributed by atoms with van der Waals surface area (Å²) in [5, 5.41) is 7.33. The van der Waals surface area contributed by atoms with Crippen LogP contribution in [0.15, 0.2) is 54.6 Å². The molecule has 1 saturated heterocycles. The Labute approximate surface area is 149 Å². The van der Waals surface area contributed by atoms with E-state index in [4.69, 9.17) is 0 Å². The van der Waals surface area contributed by atoms with Crippen molar-refractivity contribution in [1.29, 1.82) is 0 Å². The molecule has 1 aliphatic carbocycles. The zero-order chi connectivity index (χ0) is 17.1. The minimum absolute atomic E-state index is 0.148. The van der Waals surface area contributed by atoms with E-state index >= 15 is 0 Å². The molecular weight excluding hydrogens is 311 g/mol. The van der Waals surface area contributed by atoms with Gasteiger partial charge in [0.15, 0.2) is 0 Å². The standard InChI is InChI=1S/C22H27FN2/c23-19-8-6-17(7-9-19)15-22(10-12-24-13-11-22)16-25-21-14-20(21)18-4-2-1-3-5-18/h1-9,20-21,24-25H,10-16H2/t20?,21-/m1/s1. The molecule has 4 rings (SSSR count). The van der Waals surface area contributed by atoms with E-state index in [0.717, 1.165) is 26.1 Å². The fraction of sp³-hybridized carbons (Fsp3) is 0.455. The quantitative estimate of drug-likeness (QED) is 0.835. The monoisotopic (exact) mass is 338 g/mol. The van der Waals surface area contributed by atoms with E-state index in [0.29, 0.717) is 12.0 Å². The Morgan fingerprint density at radius 3 is 2.44 bits per heavy atom. The first-order valence-corrected chi connectivity index (χ1v) is 9.48. The van der Waals surface area contributed by atoms with Crippen molar-refractivity contribution in [2.24, 2.45) is 5.41 Å². The van der Waals surface area contributed by atoms with Crippen LogP contribution in [0.4, 0.5) is 4.39 Å². The van der Waals surface area contributed by atoms with Gasteiger partial charge in [-0.1, -0.05) is 42.5 Å². The van der Waals surface area contributed by atoms with Gasteiger partial charge in [0, 0.05) is 18.5 Å². The van der Waals surface area contributed by atoms with Gasteiger partial charge in [-0.3, -0.25) is 0 Å². The normalized spacial score (nSPS) is 24.8. The number of rotatable bonds is 6. The van der Waals surface area contributed by atoms with Crippen LogP contribution >= 0.6 is 0 Å². The molecule has 1 heterocycles. The van der Waals surface area contributed by atoms with Crippen LogP contribution < -0.4 is 10.6 Å². The molecule has 2 aliphatic rings. The van der Waals surface area contributed by atoms with Crippen molar-refractivity contribution >= 4 is 0 Å². The van der Waals surface area contributed by atoms with Crippen LogP contribution in [0.2, 0.25) is 0 Å². The van der Waals surface area contributed by atoms with E-state index in [1.807, 2.05) is 12.1 Å². The highest BCUT2D eigenvalue weighted by Crippen LogP contribution is 2.42. The molecule has 25 heavy (non-hydrogen) atoms. The lowest BCUT2D eigenvalue weighted by Gasteiger charge is -2.38. The molecule has 0 spiro atoms. The van der Waals surface area contributed by atoms with E-state index in [1.54, 1.807) is 12.1 Å². The third-order valence-corrected chi connectivity index (χ3v) is 5.91. The number of halogens is 1. The maximum Gasteiger partial charge on any atom is 0.123 e. The SMILES string of the molecule is Fc1ccc(CC2(CN[C@@H]3CC3c3ccccc3)CCNCC2)cc1. The zero-order valence-electron chi connectivity index (χ0n) is 14.7. The molecule has 0 aromatic heterocycles. The summed E-state index contributed by atoms with van der Waals surface area (Å²) in [5.41, 5.74) is 2.99. The van der Waals surface area contributed by atoms with Gasteiger partial charge in [0.1, 0.15) is 5.82 Å². The number of nitrogens with one attached hydrogen (secondary N) is 2. The van der Waals surface area contributed by atoms with Gasteiger partial charge in [-0.25, -0.2) is 4.39 Å². The van der Waals surface area contributed by atoms with Crippen molar-refractivity contribution in [3.63, 3.8) is 0 Å². The molecular formula is C22H27FN2. The second-order valence-corrected chi connectivity index (χ2v) is 7.79. The molecule has 2 fully saturated rings. The highest BCUT2D eigenvalue weighted by atomic mass is 19.1. The van der Waals surface area contributed by atoms with E-state index in [2.05, 4.69) is 41.0 Å². The van der Waals surface area contributed by atoms with Crippen molar-refractivity contribution in [3.05, 3.63) is 71.5 Å². The highest BCUT2D eigenvalue weighted by Gasteiger charge is 2.40. The minimum Gasteiger partial charge on any atom is -0.317 e. The third kappa shape index (κ3) is 4.10. The number of piperidine rings is 1. The van der Waals surface area contributed by atoms with E-state index in [-0.39, 0.29) is 11.2 Å². The lowest BCUT2D eigenvalue weighted by Crippen LogP contribution is -2.45. The predicted octanol–water partition coefficient (Wildman–Crippen LogP) is 3.88. The lowest BCUT2D eigenvalue weighted by molar-refractivity contribution is 0.191. The van der Waals surface area contributed by atoms with Gasteiger partial charge in [-0.05, 0) is 67.4 Å². The largest absolute Gasteiger partial charge is 0.317 e. The Bertz CT molecular complexity index is 677. The molecule has 2 atom stereocenters. The molecule has 0 bridgehead atoms. The summed E-state index contributed by atoms with van der Waals surface area (Å²) in [5.74, 6) is 0.524. The molecule has 0 amide bonds. The third-order valence-electron chi connectivity index (χ3n) is 5.91. The van der Waals surface area contributed by atoms with Crippen LogP contribution in [-0.2, 0) is 6.42 Å². The van der Waals surface area contributed by atoms with Gasteiger partial charge >= 0.3 is 0 Å². The molecule has 0 radical (unpaired) electrons. The maximum atomic E-state index is 13.2. The van der Waals surface area contributed by atoms with E-state index in [1.165, 1.54) is 30.4 Å². The molecule has 132 valence electrons. The Morgan fingerprint density at radius 2 is 1.72 bits per heavy atom. The first kappa shape index (κ1) is 16.7. The molecule has 1 unspecified atom stereocenters. The van der Waals surface area contributed by atoms with Gasteiger partial charge < -0.3 is 10.6 Å². The summed E-state index contributed by atoms with van der Waals surface area (Å²) in [6.45, 7) is 3.21. The van der Waals surface area contributed by atoms with Gasteiger partial charge in [0.05, 0.1) is 0 Å². The molecule has 2 nitrogen and oxygen atoms in total. The van der Waals surface area contributed by atoms with Crippen LogP contribution in [0, 0.1) is 11.2 Å². The van der Waals surface area contributed by atoms with Crippen molar-refractivity contribution in [2.75, 3.05) is 19.6 Å². The molecule has 2 aromatic rings. The van der Waals surface area contributed by atoms with Gasteiger partial charge in [0.25, 0.3) is 0 Å². The van der Waals surface area contributed by atoms with E-state index in [9.17, 15) is 4.39 Å². The summed E-state index contributed by atoms with van der Waals surface area (Å²) < 4.78 is 13.2. The minimum atomic E-state index is -0.148. The van der Waals surface area contributed by atoms with Crippen molar-refractivity contribution < 1.29 is 4.39 Å². The second kappa shape index (κ2) is 7.27. The summed E-state index contributed by atoms with van der Waals surface area (Å²) in [4.78, 5) is 0. The van der Waals surface area contributed by atoms with Crippen molar-refractivity contribution in [2.45, 2.75) is 37.6 Å². The van der Waals surface area contributed by atoms with E-state index < -0.39 is 0 Å². The average Bonchev–Trinajstić information content (AvgIpc) is 3.44. The van der Waals surface area contributed by atoms with Crippen LogP contribution in [0.1, 0.15) is 36.3 Å². The Hall–Kier alpha value is -1.71. The van der Waals surface area contributed by atoms with Gasteiger partial charge in [-0.15, -0.1) is 0 Å². The fourth-order valence-corrected chi connectivity index (χ4v) is 4.25. The molecule has 1 aliphatic heterocycles. The van der Waals surface area contributed by atoms with Gasteiger partial charge in [-0.2, -0.15) is 0 Å².